The highest BCUT2D eigenvalue weighted by Crippen LogP contribution is 2.27. The van der Waals surface area contributed by atoms with Crippen LogP contribution in [0.15, 0.2) is 29.2 Å². The SMILES string of the molecule is CSc1ccc(C(=O)N2C[C@H]3CNC[C@H]3C2)cc1. The van der Waals surface area contributed by atoms with Gasteiger partial charge in [0.2, 0.25) is 0 Å². The maximum Gasteiger partial charge on any atom is 0.253 e. The van der Waals surface area contributed by atoms with Crippen molar-refractivity contribution in [2.24, 2.45) is 11.8 Å². The molecule has 0 unspecified atom stereocenters. The number of rotatable bonds is 2. The van der Waals surface area contributed by atoms with E-state index in [4.69, 9.17) is 0 Å². The average molecular weight is 262 g/mol. The second-order valence-corrected chi connectivity index (χ2v) is 6.00. The number of thioether (sulfide) groups is 1. The first-order valence-corrected chi connectivity index (χ1v) is 7.64. The molecule has 3 nitrogen and oxygen atoms in total. The summed E-state index contributed by atoms with van der Waals surface area (Å²) < 4.78 is 0. The number of carbonyl (C=O) groups excluding carboxylic acids is 1. The molecule has 1 amide bonds. The first-order valence-electron chi connectivity index (χ1n) is 6.42. The van der Waals surface area contributed by atoms with E-state index >= 15 is 0 Å². The highest BCUT2D eigenvalue weighted by atomic mass is 32.2. The molecule has 2 saturated heterocycles. The summed E-state index contributed by atoms with van der Waals surface area (Å²) in [6, 6.07) is 7.94. The fourth-order valence-corrected chi connectivity index (χ4v) is 3.35. The van der Waals surface area contributed by atoms with E-state index in [9.17, 15) is 4.79 Å². The van der Waals surface area contributed by atoms with E-state index in [0.717, 1.165) is 31.7 Å². The van der Waals surface area contributed by atoms with Crippen LogP contribution in [0.2, 0.25) is 0 Å². The van der Waals surface area contributed by atoms with Crippen LogP contribution in [-0.4, -0.2) is 43.2 Å². The molecule has 1 aromatic rings. The quantitative estimate of drug-likeness (QED) is 0.823. The van der Waals surface area contributed by atoms with Crippen molar-refractivity contribution in [3.63, 3.8) is 0 Å². The van der Waals surface area contributed by atoms with Gasteiger partial charge in [-0.05, 0) is 42.4 Å². The lowest BCUT2D eigenvalue weighted by Crippen LogP contribution is -2.31. The molecule has 1 aromatic carbocycles. The molecule has 96 valence electrons. The van der Waals surface area contributed by atoms with Gasteiger partial charge in [-0.1, -0.05) is 0 Å². The third-order valence-corrected chi connectivity index (χ3v) is 4.76. The van der Waals surface area contributed by atoms with Gasteiger partial charge in [-0.25, -0.2) is 0 Å². The normalized spacial score (nSPS) is 26.4. The molecule has 2 fully saturated rings. The van der Waals surface area contributed by atoms with Crippen LogP contribution in [-0.2, 0) is 0 Å². The van der Waals surface area contributed by atoms with Crippen molar-refractivity contribution in [2.75, 3.05) is 32.4 Å². The zero-order chi connectivity index (χ0) is 12.5. The van der Waals surface area contributed by atoms with Gasteiger partial charge in [0.25, 0.3) is 5.91 Å². The van der Waals surface area contributed by atoms with Crippen molar-refractivity contribution < 1.29 is 4.79 Å². The van der Waals surface area contributed by atoms with Crippen LogP contribution in [0.4, 0.5) is 0 Å². The van der Waals surface area contributed by atoms with E-state index in [1.54, 1.807) is 11.8 Å². The van der Waals surface area contributed by atoms with Gasteiger partial charge in [-0.3, -0.25) is 4.79 Å². The highest BCUT2D eigenvalue weighted by Gasteiger charge is 2.38. The molecule has 2 heterocycles. The molecule has 1 N–H and O–H groups in total. The molecule has 3 rings (SSSR count). The van der Waals surface area contributed by atoms with Gasteiger partial charge in [0.1, 0.15) is 0 Å². The van der Waals surface area contributed by atoms with E-state index in [2.05, 4.69) is 5.32 Å². The number of hydrogen-bond acceptors (Lipinski definition) is 3. The van der Waals surface area contributed by atoms with Gasteiger partial charge in [-0.2, -0.15) is 0 Å². The van der Waals surface area contributed by atoms with E-state index < -0.39 is 0 Å². The largest absolute Gasteiger partial charge is 0.338 e. The highest BCUT2D eigenvalue weighted by molar-refractivity contribution is 7.98. The minimum absolute atomic E-state index is 0.192. The maximum atomic E-state index is 12.4. The van der Waals surface area contributed by atoms with Gasteiger partial charge < -0.3 is 10.2 Å². The number of amides is 1. The van der Waals surface area contributed by atoms with Crippen LogP contribution in [0.1, 0.15) is 10.4 Å². The molecule has 2 atom stereocenters. The van der Waals surface area contributed by atoms with Crippen molar-refractivity contribution >= 4 is 17.7 Å². The minimum atomic E-state index is 0.192. The Labute approximate surface area is 112 Å². The van der Waals surface area contributed by atoms with Crippen LogP contribution < -0.4 is 5.32 Å². The Bertz CT molecular complexity index is 434. The van der Waals surface area contributed by atoms with Gasteiger partial charge in [-0.15, -0.1) is 11.8 Å². The molecule has 0 aromatic heterocycles. The summed E-state index contributed by atoms with van der Waals surface area (Å²) in [6.45, 7) is 3.97. The van der Waals surface area contributed by atoms with Crippen molar-refractivity contribution in [2.45, 2.75) is 4.90 Å². The number of nitrogens with one attached hydrogen (secondary N) is 1. The lowest BCUT2D eigenvalue weighted by atomic mass is 10.0. The second kappa shape index (κ2) is 4.94. The molecular formula is C14H18N2OS. The molecule has 0 saturated carbocycles. The maximum absolute atomic E-state index is 12.4. The molecule has 4 heteroatoms. The zero-order valence-corrected chi connectivity index (χ0v) is 11.4. The van der Waals surface area contributed by atoms with E-state index in [-0.39, 0.29) is 5.91 Å². The second-order valence-electron chi connectivity index (χ2n) is 5.12. The van der Waals surface area contributed by atoms with E-state index in [1.807, 2.05) is 35.4 Å². The molecule has 2 aliphatic heterocycles. The van der Waals surface area contributed by atoms with Crippen LogP contribution in [0.5, 0.6) is 0 Å². The average Bonchev–Trinajstić information content (AvgIpc) is 2.99. The lowest BCUT2D eigenvalue weighted by Gasteiger charge is -2.17. The smallest absolute Gasteiger partial charge is 0.253 e. The number of hydrogen-bond donors (Lipinski definition) is 1. The summed E-state index contributed by atoms with van der Waals surface area (Å²) >= 11 is 1.70. The Morgan fingerprint density at radius 1 is 1.22 bits per heavy atom. The third-order valence-electron chi connectivity index (χ3n) is 4.01. The Hall–Kier alpha value is -1.00. The molecule has 0 spiro atoms. The Kier molecular flexibility index (Phi) is 3.31. The monoisotopic (exact) mass is 262 g/mol. The molecule has 0 radical (unpaired) electrons. The molecular weight excluding hydrogens is 244 g/mol. The molecule has 2 aliphatic rings. The predicted octanol–water partition coefficient (Wildman–Crippen LogP) is 1.70. The molecule has 18 heavy (non-hydrogen) atoms. The number of likely N-dealkylation sites (tertiary alicyclic amines) is 1. The number of carbonyl (C=O) groups is 1. The molecule has 0 aliphatic carbocycles. The first-order chi connectivity index (χ1) is 8.78. The predicted molar refractivity (Wildman–Crippen MR) is 74.0 cm³/mol. The standard InChI is InChI=1S/C14H18N2OS/c1-18-13-4-2-10(3-5-13)14(17)16-8-11-6-15-7-12(11)9-16/h2-5,11-12,15H,6-9H2,1H3/t11-,12+. The van der Waals surface area contributed by atoms with E-state index in [0.29, 0.717) is 11.8 Å². The first kappa shape index (κ1) is 12.1. The molecule has 0 bridgehead atoms. The van der Waals surface area contributed by atoms with E-state index in [1.165, 1.54) is 4.90 Å². The van der Waals surface area contributed by atoms with Gasteiger partial charge >= 0.3 is 0 Å². The van der Waals surface area contributed by atoms with Gasteiger partial charge in [0.05, 0.1) is 0 Å². The summed E-state index contributed by atoms with van der Waals surface area (Å²) in [6.07, 6.45) is 2.05. The fraction of sp³-hybridized carbons (Fsp3) is 0.500. The van der Waals surface area contributed by atoms with Crippen LogP contribution >= 0.6 is 11.8 Å². The minimum Gasteiger partial charge on any atom is -0.338 e. The lowest BCUT2D eigenvalue weighted by molar-refractivity contribution is 0.0781. The van der Waals surface area contributed by atoms with Gasteiger partial charge in [0.15, 0.2) is 0 Å². The third kappa shape index (κ3) is 2.15. The summed E-state index contributed by atoms with van der Waals surface area (Å²) in [5.41, 5.74) is 0.820. The van der Waals surface area contributed by atoms with Crippen LogP contribution in [0.25, 0.3) is 0 Å². The summed E-state index contributed by atoms with van der Waals surface area (Å²) in [5, 5.41) is 3.40. The zero-order valence-electron chi connectivity index (χ0n) is 10.6. The van der Waals surface area contributed by atoms with Crippen molar-refractivity contribution in [3.05, 3.63) is 29.8 Å². The fourth-order valence-electron chi connectivity index (χ4n) is 2.94. The number of nitrogens with zero attached hydrogens (tertiary/aromatic N) is 1. The van der Waals surface area contributed by atoms with Crippen LogP contribution in [0, 0.1) is 11.8 Å². The summed E-state index contributed by atoms with van der Waals surface area (Å²) in [5.74, 6) is 1.52. The van der Waals surface area contributed by atoms with Gasteiger partial charge in [0, 0.05) is 36.6 Å². The summed E-state index contributed by atoms with van der Waals surface area (Å²) in [4.78, 5) is 15.6. The van der Waals surface area contributed by atoms with Crippen molar-refractivity contribution in [1.82, 2.24) is 10.2 Å². The Morgan fingerprint density at radius 2 is 1.83 bits per heavy atom. The van der Waals surface area contributed by atoms with Crippen molar-refractivity contribution in [3.8, 4) is 0 Å². The Balaban J connectivity index is 1.70. The summed E-state index contributed by atoms with van der Waals surface area (Å²) in [7, 11) is 0. The Morgan fingerprint density at radius 3 is 2.39 bits per heavy atom. The van der Waals surface area contributed by atoms with Crippen molar-refractivity contribution in [1.29, 1.82) is 0 Å². The number of benzene rings is 1. The number of fused-ring (bicyclic) bond motifs is 1. The topological polar surface area (TPSA) is 32.3 Å². The van der Waals surface area contributed by atoms with Crippen LogP contribution in [0.3, 0.4) is 0 Å².